The van der Waals surface area contributed by atoms with E-state index in [2.05, 4.69) is 10.3 Å². The number of aryl methyl sites for hydroxylation is 1. The average molecular weight is 494 g/mol. The fraction of sp³-hybridized carbons (Fsp3) is 0.296. The summed E-state index contributed by atoms with van der Waals surface area (Å²) < 4.78 is 20.2. The number of benzene rings is 2. The van der Waals surface area contributed by atoms with Gasteiger partial charge in [-0.25, -0.2) is 14.2 Å². The predicted molar refractivity (Wildman–Crippen MR) is 136 cm³/mol. The summed E-state index contributed by atoms with van der Waals surface area (Å²) in [5.74, 6) is 0.436. The van der Waals surface area contributed by atoms with Gasteiger partial charge in [-0.15, -0.1) is 11.8 Å². The highest BCUT2D eigenvalue weighted by molar-refractivity contribution is 7.99. The third kappa shape index (κ3) is 6.82. The normalized spacial score (nSPS) is 15.2. The van der Waals surface area contributed by atoms with Gasteiger partial charge >= 0.3 is 6.09 Å². The molecule has 0 saturated carbocycles. The molecule has 1 aliphatic rings. The Morgan fingerprint density at radius 2 is 2.00 bits per heavy atom. The first kappa shape index (κ1) is 24.7. The highest BCUT2D eigenvalue weighted by atomic mass is 32.2. The molecular formula is C27H28FN3O3S. The van der Waals surface area contributed by atoms with Gasteiger partial charge in [-0.1, -0.05) is 30.3 Å². The third-order valence-electron chi connectivity index (χ3n) is 5.73. The molecule has 6 nitrogen and oxygen atoms in total. The van der Waals surface area contributed by atoms with Crippen molar-refractivity contribution < 1.29 is 18.7 Å². The van der Waals surface area contributed by atoms with E-state index in [0.717, 1.165) is 35.6 Å². The van der Waals surface area contributed by atoms with Gasteiger partial charge in [0.2, 0.25) is 5.91 Å². The molecule has 8 heteroatoms. The Labute approximate surface area is 208 Å². The van der Waals surface area contributed by atoms with Gasteiger partial charge in [0.1, 0.15) is 11.9 Å². The smallest absolute Gasteiger partial charge is 0.414 e. The zero-order valence-corrected chi connectivity index (χ0v) is 20.4. The highest BCUT2D eigenvalue weighted by Crippen LogP contribution is 2.29. The van der Waals surface area contributed by atoms with Gasteiger partial charge in [-0.05, 0) is 66.5 Å². The number of unbranched alkanes of at least 4 members (excludes halogenated alkanes) is 1. The number of carbonyl (C=O) groups excluding carboxylic acids is 2. The zero-order chi connectivity index (χ0) is 24.6. The monoisotopic (exact) mass is 493 g/mol. The van der Waals surface area contributed by atoms with Gasteiger partial charge in [0, 0.05) is 18.7 Å². The number of halogens is 1. The SMILES string of the molecule is CC(=O)NC[C@H]1CN(c2ccc(-c3ccc(CCCCSc4ccccn4)cc3)c(F)c2)C(=O)O1. The topological polar surface area (TPSA) is 71.5 Å². The Morgan fingerprint density at radius 3 is 2.71 bits per heavy atom. The number of cyclic esters (lactones) is 1. The van der Waals surface area contributed by atoms with Crippen molar-refractivity contribution in [1.29, 1.82) is 0 Å². The van der Waals surface area contributed by atoms with Gasteiger partial charge < -0.3 is 10.1 Å². The molecule has 1 aliphatic heterocycles. The minimum absolute atomic E-state index is 0.194. The van der Waals surface area contributed by atoms with E-state index in [1.807, 2.05) is 48.7 Å². The Balaban J connectivity index is 1.30. The minimum atomic E-state index is -0.546. The lowest BCUT2D eigenvalue weighted by Crippen LogP contribution is -2.33. The number of aromatic nitrogens is 1. The number of anilines is 1. The third-order valence-corrected chi connectivity index (χ3v) is 6.76. The minimum Gasteiger partial charge on any atom is -0.442 e. The fourth-order valence-corrected chi connectivity index (χ4v) is 4.76. The predicted octanol–water partition coefficient (Wildman–Crippen LogP) is 5.46. The summed E-state index contributed by atoms with van der Waals surface area (Å²) in [5.41, 5.74) is 2.92. The van der Waals surface area contributed by atoms with Crippen molar-refractivity contribution in [3.63, 3.8) is 0 Å². The molecule has 1 atom stereocenters. The Morgan fingerprint density at radius 1 is 1.17 bits per heavy atom. The van der Waals surface area contributed by atoms with Crippen LogP contribution in [0.15, 0.2) is 71.9 Å². The van der Waals surface area contributed by atoms with Crippen LogP contribution < -0.4 is 10.2 Å². The van der Waals surface area contributed by atoms with Crippen LogP contribution in [0.2, 0.25) is 0 Å². The van der Waals surface area contributed by atoms with Crippen LogP contribution in [0.3, 0.4) is 0 Å². The lowest BCUT2D eigenvalue weighted by Gasteiger charge is -2.14. The second-order valence-corrected chi connectivity index (χ2v) is 9.50. The van der Waals surface area contributed by atoms with Crippen LogP contribution in [0.4, 0.5) is 14.9 Å². The van der Waals surface area contributed by atoms with Crippen molar-refractivity contribution in [3.05, 3.63) is 78.2 Å². The van der Waals surface area contributed by atoms with Crippen LogP contribution in [-0.2, 0) is 16.0 Å². The van der Waals surface area contributed by atoms with Crippen LogP contribution in [0, 0.1) is 5.82 Å². The van der Waals surface area contributed by atoms with Crippen molar-refractivity contribution in [2.24, 2.45) is 0 Å². The van der Waals surface area contributed by atoms with Gasteiger partial charge in [0.15, 0.2) is 0 Å². The summed E-state index contributed by atoms with van der Waals surface area (Å²) in [4.78, 5) is 29.0. The quantitative estimate of drug-likeness (QED) is 0.300. The number of hydrogen-bond acceptors (Lipinski definition) is 5. The van der Waals surface area contributed by atoms with E-state index in [1.54, 1.807) is 23.9 Å². The van der Waals surface area contributed by atoms with Gasteiger partial charge in [0.25, 0.3) is 0 Å². The van der Waals surface area contributed by atoms with Crippen LogP contribution in [0.5, 0.6) is 0 Å². The molecule has 1 aromatic heterocycles. The van der Waals surface area contributed by atoms with Crippen molar-refractivity contribution in [1.82, 2.24) is 10.3 Å². The number of nitrogens with zero attached hydrogens (tertiary/aromatic N) is 2. The molecular weight excluding hydrogens is 465 g/mol. The van der Waals surface area contributed by atoms with E-state index in [9.17, 15) is 14.0 Å². The maximum Gasteiger partial charge on any atom is 0.414 e. The highest BCUT2D eigenvalue weighted by Gasteiger charge is 2.32. The molecule has 3 aromatic rings. The number of hydrogen-bond donors (Lipinski definition) is 1. The maximum absolute atomic E-state index is 15.0. The van der Waals surface area contributed by atoms with E-state index in [0.29, 0.717) is 11.3 Å². The number of ether oxygens (including phenoxy) is 1. The molecule has 0 spiro atoms. The van der Waals surface area contributed by atoms with Crippen LogP contribution in [0.25, 0.3) is 11.1 Å². The first-order valence-corrected chi connectivity index (χ1v) is 12.6. The van der Waals surface area contributed by atoms with E-state index >= 15 is 0 Å². The second kappa shape index (κ2) is 11.8. The van der Waals surface area contributed by atoms with Crippen molar-refractivity contribution in [2.45, 2.75) is 37.3 Å². The molecule has 2 amide bonds. The molecule has 4 rings (SSSR count). The van der Waals surface area contributed by atoms with Gasteiger partial charge in [-0.3, -0.25) is 9.69 Å². The number of amides is 2. The molecule has 2 aromatic carbocycles. The first-order valence-electron chi connectivity index (χ1n) is 11.6. The summed E-state index contributed by atoms with van der Waals surface area (Å²) in [6.45, 7) is 1.89. The van der Waals surface area contributed by atoms with Crippen molar-refractivity contribution >= 4 is 29.4 Å². The van der Waals surface area contributed by atoms with Crippen molar-refractivity contribution in [3.8, 4) is 11.1 Å². The van der Waals surface area contributed by atoms with E-state index in [1.165, 1.54) is 23.5 Å². The molecule has 1 fully saturated rings. The summed E-state index contributed by atoms with van der Waals surface area (Å²) >= 11 is 1.77. The Hall–Kier alpha value is -3.39. The number of thioether (sulfide) groups is 1. The number of carbonyl (C=O) groups is 2. The van der Waals surface area contributed by atoms with Crippen LogP contribution in [0.1, 0.15) is 25.3 Å². The van der Waals surface area contributed by atoms with Gasteiger partial charge in [0.05, 0.1) is 23.8 Å². The van der Waals surface area contributed by atoms with Crippen molar-refractivity contribution in [2.75, 3.05) is 23.7 Å². The van der Waals surface area contributed by atoms with Gasteiger partial charge in [-0.2, -0.15) is 0 Å². The molecule has 1 saturated heterocycles. The van der Waals surface area contributed by atoms with Crippen LogP contribution in [-0.4, -0.2) is 41.9 Å². The fourth-order valence-electron chi connectivity index (χ4n) is 3.89. The largest absolute Gasteiger partial charge is 0.442 e. The first-order chi connectivity index (χ1) is 17.0. The lowest BCUT2D eigenvalue weighted by molar-refractivity contribution is -0.119. The second-order valence-electron chi connectivity index (χ2n) is 8.39. The Kier molecular flexibility index (Phi) is 8.36. The van der Waals surface area contributed by atoms with E-state index < -0.39 is 18.0 Å². The molecule has 0 aliphatic carbocycles. The van der Waals surface area contributed by atoms with Crippen LogP contribution >= 0.6 is 11.8 Å². The standard InChI is InChI=1S/C27H28FN3O3S/c1-19(32)30-17-23-18-31(27(33)34-23)22-12-13-24(25(28)16-22)21-10-8-20(9-11-21)6-3-5-15-35-26-7-2-4-14-29-26/h2,4,7-14,16,23H,3,5-6,15,17-18H2,1H3,(H,30,32)/t23-/m0/s1. The number of pyridine rings is 1. The summed E-state index contributed by atoms with van der Waals surface area (Å²) in [6, 6.07) is 18.6. The molecule has 35 heavy (non-hydrogen) atoms. The molecule has 1 N–H and O–H groups in total. The molecule has 0 unspecified atom stereocenters. The number of rotatable bonds is 10. The number of nitrogens with one attached hydrogen (secondary N) is 1. The maximum atomic E-state index is 15.0. The summed E-state index contributed by atoms with van der Waals surface area (Å²) in [5, 5.41) is 3.68. The summed E-state index contributed by atoms with van der Waals surface area (Å²) in [7, 11) is 0. The lowest BCUT2D eigenvalue weighted by atomic mass is 10.0. The van der Waals surface area contributed by atoms with E-state index in [-0.39, 0.29) is 19.0 Å². The summed E-state index contributed by atoms with van der Waals surface area (Å²) in [6.07, 6.45) is 3.96. The molecule has 2 heterocycles. The van der Waals surface area contributed by atoms with E-state index in [4.69, 9.17) is 4.74 Å². The molecule has 0 radical (unpaired) electrons. The molecule has 182 valence electrons. The Bertz CT molecular complexity index is 1160. The molecule has 0 bridgehead atoms. The average Bonchev–Trinajstić information content (AvgIpc) is 3.24. The zero-order valence-electron chi connectivity index (χ0n) is 19.6.